The second kappa shape index (κ2) is 9.12. The van der Waals surface area contributed by atoms with Crippen LogP contribution in [0.4, 0.5) is 0 Å². The number of thiocarbonyl (C=S) groups is 1. The molecule has 0 aliphatic rings. The third-order valence-corrected chi connectivity index (χ3v) is 3.95. The van der Waals surface area contributed by atoms with E-state index < -0.39 is 10.8 Å². The van der Waals surface area contributed by atoms with Crippen molar-refractivity contribution in [3.63, 3.8) is 0 Å². The van der Waals surface area contributed by atoms with E-state index in [2.05, 4.69) is 5.32 Å². The van der Waals surface area contributed by atoms with Gasteiger partial charge in [0.25, 0.3) is 0 Å². The zero-order valence-corrected chi connectivity index (χ0v) is 13.4. The fourth-order valence-corrected chi connectivity index (χ4v) is 2.71. The summed E-state index contributed by atoms with van der Waals surface area (Å²) in [6, 6.07) is 7.75. The van der Waals surface area contributed by atoms with Gasteiger partial charge in [0.15, 0.2) is 0 Å². The SMILES string of the molecule is COc1ccc(SC(=S)NCC/C=C/S(C)=O)cc1. The van der Waals surface area contributed by atoms with Gasteiger partial charge < -0.3 is 10.1 Å². The van der Waals surface area contributed by atoms with Gasteiger partial charge in [0.1, 0.15) is 10.1 Å². The quantitative estimate of drug-likeness (QED) is 0.496. The van der Waals surface area contributed by atoms with E-state index in [0.717, 1.165) is 27.9 Å². The summed E-state index contributed by atoms with van der Waals surface area (Å²) in [6.45, 7) is 0.746. The van der Waals surface area contributed by atoms with Crippen LogP contribution in [0.15, 0.2) is 40.6 Å². The van der Waals surface area contributed by atoms with Crippen molar-refractivity contribution in [3.05, 3.63) is 35.7 Å². The van der Waals surface area contributed by atoms with Gasteiger partial charge in [0.2, 0.25) is 0 Å². The molecular weight excluding hydrogens is 298 g/mol. The molecule has 0 bridgehead atoms. The predicted octanol–water partition coefficient (Wildman–Crippen LogP) is 2.94. The molecule has 0 saturated carbocycles. The van der Waals surface area contributed by atoms with Crippen molar-refractivity contribution in [1.29, 1.82) is 0 Å². The number of benzene rings is 1. The fraction of sp³-hybridized carbons (Fsp3) is 0.308. The first-order chi connectivity index (χ1) is 9.11. The van der Waals surface area contributed by atoms with Gasteiger partial charge in [0, 0.05) is 28.5 Å². The van der Waals surface area contributed by atoms with Crippen molar-refractivity contribution in [2.45, 2.75) is 11.3 Å². The highest BCUT2D eigenvalue weighted by Crippen LogP contribution is 2.21. The number of hydrogen-bond donors (Lipinski definition) is 1. The number of rotatable bonds is 6. The second-order valence-corrected chi connectivity index (χ2v) is 6.67. The van der Waals surface area contributed by atoms with Crippen LogP contribution in [0.2, 0.25) is 0 Å². The second-order valence-electron chi connectivity index (χ2n) is 3.65. The third-order valence-electron chi connectivity index (χ3n) is 2.14. The molecule has 0 heterocycles. The van der Waals surface area contributed by atoms with Crippen LogP contribution in [0.1, 0.15) is 6.42 Å². The summed E-state index contributed by atoms with van der Waals surface area (Å²) < 4.78 is 16.6. The molecule has 0 spiro atoms. The molecule has 0 amide bonds. The van der Waals surface area contributed by atoms with E-state index in [1.807, 2.05) is 30.3 Å². The van der Waals surface area contributed by atoms with Crippen LogP contribution in [-0.2, 0) is 10.8 Å². The van der Waals surface area contributed by atoms with Crippen molar-refractivity contribution in [2.24, 2.45) is 0 Å². The molecule has 0 aliphatic carbocycles. The third kappa shape index (κ3) is 7.34. The Balaban J connectivity index is 2.28. The highest BCUT2D eigenvalue weighted by molar-refractivity contribution is 8.23. The topological polar surface area (TPSA) is 38.3 Å². The largest absolute Gasteiger partial charge is 0.497 e. The summed E-state index contributed by atoms with van der Waals surface area (Å²) in [7, 11) is 0.771. The number of methoxy groups -OCH3 is 1. The Morgan fingerprint density at radius 3 is 2.74 bits per heavy atom. The van der Waals surface area contributed by atoms with Crippen molar-refractivity contribution in [2.75, 3.05) is 19.9 Å². The Bertz CT molecular complexity index is 457. The van der Waals surface area contributed by atoms with Gasteiger partial charge in [-0.05, 0) is 36.1 Å². The molecule has 0 fully saturated rings. The molecule has 1 aromatic carbocycles. The zero-order valence-electron chi connectivity index (χ0n) is 10.9. The van der Waals surface area contributed by atoms with Gasteiger partial charge in [-0.1, -0.05) is 30.1 Å². The fourth-order valence-electron chi connectivity index (χ4n) is 1.25. The average Bonchev–Trinajstić information content (AvgIpc) is 2.39. The van der Waals surface area contributed by atoms with E-state index in [1.165, 1.54) is 11.8 Å². The van der Waals surface area contributed by atoms with Crippen molar-refractivity contribution in [3.8, 4) is 5.75 Å². The lowest BCUT2D eigenvalue weighted by atomic mass is 10.3. The minimum absolute atomic E-state index is 0.733. The number of nitrogens with one attached hydrogen (secondary N) is 1. The van der Waals surface area contributed by atoms with Gasteiger partial charge in [-0.2, -0.15) is 0 Å². The molecule has 0 aliphatic heterocycles. The van der Waals surface area contributed by atoms with E-state index in [-0.39, 0.29) is 0 Å². The minimum Gasteiger partial charge on any atom is -0.497 e. The lowest BCUT2D eigenvalue weighted by Gasteiger charge is -2.06. The molecule has 1 aromatic rings. The molecule has 0 radical (unpaired) electrons. The highest BCUT2D eigenvalue weighted by atomic mass is 32.2. The maximum atomic E-state index is 10.8. The van der Waals surface area contributed by atoms with Crippen molar-refractivity contribution < 1.29 is 8.95 Å². The van der Waals surface area contributed by atoms with Crippen LogP contribution >= 0.6 is 24.0 Å². The summed E-state index contributed by atoms with van der Waals surface area (Å²) in [5, 5.41) is 4.83. The van der Waals surface area contributed by atoms with Crippen LogP contribution < -0.4 is 10.1 Å². The molecule has 1 atom stereocenters. The van der Waals surface area contributed by atoms with Crippen LogP contribution in [0.5, 0.6) is 5.75 Å². The molecule has 3 nitrogen and oxygen atoms in total. The lowest BCUT2D eigenvalue weighted by molar-refractivity contribution is 0.414. The molecule has 6 heteroatoms. The normalized spacial score (nSPS) is 12.3. The smallest absolute Gasteiger partial charge is 0.138 e. The summed E-state index contributed by atoms with van der Waals surface area (Å²) in [5.74, 6) is 0.834. The van der Waals surface area contributed by atoms with Gasteiger partial charge in [-0.25, -0.2) is 0 Å². The average molecular weight is 315 g/mol. The standard InChI is InChI=1S/C13H17NO2S3/c1-16-11-5-7-12(8-6-11)18-13(17)14-9-3-4-10-19(2)15/h4-8,10H,3,9H2,1-2H3,(H,14,17)/b10-4+. The molecule has 1 unspecified atom stereocenters. The molecule has 19 heavy (non-hydrogen) atoms. The number of ether oxygens (including phenoxy) is 1. The molecule has 104 valence electrons. The summed E-state index contributed by atoms with van der Waals surface area (Å²) in [4.78, 5) is 1.07. The molecule has 1 N–H and O–H groups in total. The van der Waals surface area contributed by atoms with Crippen LogP contribution in [0.3, 0.4) is 0 Å². The molecular formula is C13H17NO2S3. The maximum absolute atomic E-state index is 10.8. The number of thioether (sulfide) groups is 1. The van der Waals surface area contributed by atoms with E-state index in [1.54, 1.807) is 18.8 Å². The Kier molecular flexibility index (Phi) is 7.78. The highest BCUT2D eigenvalue weighted by Gasteiger charge is 1.99. The Hall–Kier alpha value is -0.850. The van der Waals surface area contributed by atoms with Gasteiger partial charge >= 0.3 is 0 Å². The number of hydrogen-bond acceptors (Lipinski definition) is 4. The summed E-state index contributed by atoms with van der Waals surface area (Å²) in [6.07, 6.45) is 4.35. The molecule has 0 aromatic heterocycles. The van der Waals surface area contributed by atoms with Crippen LogP contribution in [-0.4, -0.2) is 28.4 Å². The predicted molar refractivity (Wildman–Crippen MR) is 87.3 cm³/mol. The summed E-state index contributed by atoms with van der Waals surface area (Å²) in [5.41, 5.74) is 0. The van der Waals surface area contributed by atoms with E-state index in [4.69, 9.17) is 17.0 Å². The van der Waals surface area contributed by atoms with Gasteiger partial charge in [-0.15, -0.1) is 0 Å². The Morgan fingerprint density at radius 2 is 2.16 bits per heavy atom. The molecule has 1 rings (SSSR count). The zero-order chi connectivity index (χ0) is 14.1. The van der Waals surface area contributed by atoms with Crippen LogP contribution in [0.25, 0.3) is 0 Å². The first-order valence-electron chi connectivity index (χ1n) is 5.70. The monoisotopic (exact) mass is 315 g/mol. The Labute approximate surface area is 126 Å². The van der Waals surface area contributed by atoms with E-state index in [0.29, 0.717) is 0 Å². The van der Waals surface area contributed by atoms with Gasteiger partial charge in [-0.3, -0.25) is 4.21 Å². The first-order valence-corrected chi connectivity index (χ1v) is 8.55. The lowest BCUT2D eigenvalue weighted by Crippen LogP contribution is -2.18. The summed E-state index contributed by atoms with van der Waals surface area (Å²) >= 11 is 6.74. The Morgan fingerprint density at radius 1 is 1.47 bits per heavy atom. The van der Waals surface area contributed by atoms with Gasteiger partial charge in [0.05, 0.1) is 7.11 Å². The van der Waals surface area contributed by atoms with Crippen molar-refractivity contribution in [1.82, 2.24) is 5.32 Å². The van der Waals surface area contributed by atoms with Crippen molar-refractivity contribution >= 4 is 39.1 Å². The first kappa shape index (κ1) is 16.2. The van der Waals surface area contributed by atoms with E-state index in [9.17, 15) is 4.21 Å². The maximum Gasteiger partial charge on any atom is 0.138 e. The van der Waals surface area contributed by atoms with E-state index >= 15 is 0 Å². The minimum atomic E-state index is -0.873. The molecule has 0 saturated heterocycles. The van der Waals surface area contributed by atoms with Crippen LogP contribution in [0, 0.1) is 0 Å².